The van der Waals surface area contributed by atoms with Crippen molar-refractivity contribution in [1.82, 2.24) is 0 Å². The van der Waals surface area contributed by atoms with Crippen LogP contribution in [0.4, 0.5) is 0 Å². The summed E-state index contributed by atoms with van der Waals surface area (Å²) in [6.45, 7) is 4.44. The molecule has 0 bridgehead atoms. The Bertz CT molecular complexity index is 512. The molecule has 117 valence electrons. The lowest BCUT2D eigenvalue weighted by atomic mass is 9.77. The first-order valence-electron chi connectivity index (χ1n) is 8.11. The van der Waals surface area contributed by atoms with Crippen molar-refractivity contribution in [2.24, 2.45) is 5.92 Å². The maximum Gasteiger partial charge on any atom is 0.115 e. The van der Waals surface area contributed by atoms with Crippen molar-refractivity contribution in [3.05, 3.63) is 65.6 Å². The van der Waals surface area contributed by atoms with E-state index in [0.717, 1.165) is 24.0 Å². The van der Waals surface area contributed by atoms with Crippen molar-refractivity contribution in [1.29, 1.82) is 0 Å². The fourth-order valence-electron chi connectivity index (χ4n) is 2.92. The number of rotatable bonds is 7. The Morgan fingerprint density at radius 3 is 1.64 bits per heavy atom. The van der Waals surface area contributed by atoms with Crippen LogP contribution in [0.3, 0.4) is 0 Å². The Hall–Kier alpha value is -1.96. The van der Waals surface area contributed by atoms with Crippen LogP contribution >= 0.6 is 0 Å². The molecule has 0 aliphatic carbocycles. The first-order chi connectivity index (χ1) is 10.7. The van der Waals surface area contributed by atoms with Crippen molar-refractivity contribution in [2.75, 3.05) is 0 Å². The van der Waals surface area contributed by atoms with E-state index in [1.54, 1.807) is 24.3 Å². The summed E-state index contributed by atoms with van der Waals surface area (Å²) in [6, 6.07) is 14.9. The summed E-state index contributed by atoms with van der Waals surface area (Å²) in [4.78, 5) is 0. The third kappa shape index (κ3) is 4.03. The van der Waals surface area contributed by atoms with E-state index in [1.165, 1.54) is 18.8 Å². The first kappa shape index (κ1) is 16.4. The molecule has 2 nitrogen and oxygen atoms in total. The first-order valence-corrected chi connectivity index (χ1v) is 8.11. The third-order valence-electron chi connectivity index (χ3n) is 4.16. The van der Waals surface area contributed by atoms with E-state index in [0.29, 0.717) is 5.92 Å². The minimum atomic E-state index is 0.287. The molecule has 2 aromatic carbocycles. The average Bonchev–Trinajstić information content (AvgIpc) is 2.54. The zero-order valence-corrected chi connectivity index (χ0v) is 13.4. The van der Waals surface area contributed by atoms with Crippen LogP contribution < -0.4 is 0 Å². The van der Waals surface area contributed by atoms with E-state index in [1.807, 2.05) is 24.3 Å². The molecule has 2 N–H and O–H groups in total. The largest absolute Gasteiger partial charge is 0.508 e. The summed E-state index contributed by atoms with van der Waals surface area (Å²) in [7, 11) is 0. The highest BCUT2D eigenvalue weighted by atomic mass is 16.3. The van der Waals surface area contributed by atoms with Crippen LogP contribution in [-0.2, 0) is 0 Å². The molecule has 0 saturated heterocycles. The van der Waals surface area contributed by atoms with E-state index < -0.39 is 0 Å². The summed E-state index contributed by atoms with van der Waals surface area (Å²) in [5.74, 6) is 2.36. The average molecular weight is 297 g/mol. The van der Waals surface area contributed by atoms with Gasteiger partial charge in [-0.05, 0) is 47.7 Å². The number of benzene rings is 2. The Morgan fingerprint density at radius 1 is 0.818 bits per heavy atom. The van der Waals surface area contributed by atoms with E-state index in [9.17, 15) is 10.2 Å². The number of unbranched alkanes of at least 4 members (excludes halogenated alkanes) is 1. The number of hydrogen-bond acceptors (Lipinski definition) is 2. The molecule has 2 rings (SSSR count). The number of phenolic OH excluding ortho intramolecular Hbond substituents is 2. The quantitative estimate of drug-likeness (QED) is 0.729. The van der Waals surface area contributed by atoms with Gasteiger partial charge in [0.1, 0.15) is 11.5 Å². The van der Waals surface area contributed by atoms with E-state index in [-0.39, 0.29) is 11.5 Å². The minimum Gasteiger partial charge on any atom is -0.508 e. The zero-order chi connectivity index (χ0) is 15.9. The highest BCUT2D eigenvalue weighted by Gasteiger charge is 2.24. The molecule has 0 aliphatic rings. The van der Waals surface area contributed by atoms with Crippen LogP contribution in [0.2, 0.25) is 0 Å². The molecule has 1 radical (unpaired) electrons. The van der Waals surface area contributed by atoms with Crippen molar-refractivity contribution < 1.29 is 10.2 Å². The molecule has 1 unspecified atom stereocenters. The molecule has 0 heterocycles. The summed E-state index contributed by atoms with van der Waals surface area (Å²) in [5, 5.41) is 19.1. The highest BCUT2D eigenvalue weighted by Crippen LogP contribution is 2.37. The number of phenols is 2. The molecule has 0 spiro atoms. The van der Waals surface area contributed by atoms with Crippen LogP contribution in [0.25, 0.3) is 0 Å². The van der Waals surface area contributed by atoms with E-state index >= 15 is 0 Å². The molecule has 22 heavy (non-hydrogen) atoms. The van der Waals surface area contributed by atoms with Gasteiger partial charge in [0, 0.05) is 5.92 Å². The smallest absolute Gasteiger partial charge is 0.115 e. The topological polar surface area (TPSA) is 40.5 Å². The van der Waals surface area contributed by atoms with Crippen molar-refractivity contribution in [3.63, 3.8) is 0 Å². The normalized spacial score (nSPS) is 12.5. The van der Waals surface area contributed by atoms with Gasteiger partial charge in [-0.2, -0.15) is 0 Å². The lowest BCUT2D eigenvalue weighted by Gasteiger charge is -2.27. The SMILES string of the molecule is CCCCC(CC)[C](c1ccc(O)cc1)c1ccc(O)cc1. The van der Waals surface area contributed by atoms with Crippen molar-refractivity contribution >= 4 is 0 Å². The van der Waals surface area contributed by atoms with Gasteiger partial charge in [0.25, 0.3) is 0 Å². The number of hydrogen-bond donors (Lipinski definition) is 2. The monoisotopic (exact) mass is 297 g/mol. The molecule has 0 aliphatic heterocycles. The van der Waals surface area contributed by atoms with Gasteiger partial charge < -0.3 is 10.2 Å². The Kier molecular flexibility index (Phi) is 5.88. The second-order valence-corrected chi connectivity index (χ2v) is 5.75. The second-order valence-electron chi connectivity index (χ2n) is 5.75. The third-order valence-corrected chi connectivity index (χ3v) is 4.16. The molecule has 0 fully saturated rings. The maximum atomic E-state index is 9.54. The maximum absolute atomic E-state index is 9.54. The van der Waals surface area contributed by atoms with Gasteiger partial charge in [0.05, 0.1) is 0 Å². The van der Waals surface area contributed by atoms with Gasteiger partial charge >= 0.3 is 0 Å². The van der Waals surface area contributed by atoms with Gasteiger partial charge in [0.15, 0.2) is 0 Å². The molecule has 0 aromatic heterocycles. The molecule has 1 atom stereocenters. The van der Waals surface area contributed by atoms with E-state index in [4.69, 9.17) is 0 Å². The molecule has 2 aromatic rings. The van der Waals surface area contributed by atoms with Gasteiger partial charge in [-0.1, -0.05) is 57.4 Å². The zero-order valence-electron chi connectivity index (χ0n) is 13.4. The van der Waals surface area contributed by atoms with Crippen LogP contribution in [0, 0.1) is 11.8 Å². The van der Waals surface area contributed by atoms with Crippen LogP contribution in [0.15, 0.2) is 48.5 Å². The van der Waals surface area contributed by atoms with Crippen LogP contribution in [0.5, 0.6) is 11.5 Å². The molecular weight excluding hydrogens is 272 g/mol. The predicted octanol–water partition coefficient (Wildman–Crippen LogP) is 5.29. The lowest BCUT2D eigenvalue weighted by molar-refractivity contribution is 0.472. The Labute approximate surface area is 133 Å². The van der Waals surface area contributed by atoms with Gasteiger partial charge in [-0.15, -0.1) is 0 Å². The summed E-state index contributed by atoms with van der Waals surface area (Å²) < 4.78 is 0. The fraction of sp³-hybridized carbons (Fsp3) is 0.350. The number of aromatic hydroxyl groups is 2. The molecule has 2 heteroatoms. The highest BCUT2D eigenvalue weighted by molar-refractivity contribution is 5.49. The van der Waals surface area contributed by atoms with Crippen molar-refractivity contribution in [3.8, 4) is 11.5 Å². The van der Waals surface area contributed by atoms with E-state index in [2.05, 4.69) is 13.8 Å². The summed E-state index contributed by atoms with van der Waals surface area (Å²) >= 11 is 0. The Balaban J connectivity index is 2.38. The predicted molar refractivity (Wildman–Crippen MR) is 91.0 cm³/mol. The van der Waals surface area contributed by atoms with Gasteiger partial charge in [-0.25, -0.2) is 0 Å². The fourth-order valence-corrected chi connectivity index (χ4v) is 2.92. The standard InChI is InChI=1S/C20H25O2/c1-3-5-6-15(4-2)20(16-7-11-18(21)12-8-16)17-9-13-19(22)14-10-17/h7-15,21-22H,3-6H2,1-2H3. The summed E-state index contributed by atoms with van der Waals surface area (Å²) in [6.07, 6.45) is 4.63. The Morgan fingerprint density at radius 2 is 1.27 bits per heavy atom. The molecular formula is C20H25O2. The van der Waals surface area contributed by atoms with Crippen LogP contribution in [0.1, 0.15) is 50.7 Å². The molecule has 0 amide bonds. The van der Waals surface area contributed by atoms with Crippen molar-refractivity contribution in [2.45, 2.75) is 39.5 Å². The molecule has 0 saturated carbocycles. The summed E-state index contributed by atoms with van der Waals surface area (Å²) in [5.41, 5.74) is 2.29. The van der Waals surface area contributed by atoms with Gasteiger partial charge in [0.2, 0.25) is 0 Å². The van der Waals surface area contributed by atoms with Gasteiger partial charge in [-0.3, -0.25) is 0 Å². The second kappa shape index (κ2) is 7.88. The van der Waals surface area contributed by atoms with Crippen LogP contribution in [-0.4, -0.2) is 10.2 Å². The lowest BCUT2D eigenvalue weighted by Crippen LogP contribution is -2.15. The minimum absolute atomic E-state index is 0.287.